The Morgan fingerprint density at radius 1 is 0.939 bits per heavy atom. The summed E-state index contributed by atoms with van der Waals surface area (Å²) in [6, 6.07) is 20.8. The zero-order chi connectivity index (χ0) is 23.4. The molecule has 2 N–H and O–H groups in total. The average molecular weight is 462 g/mol. The molecule has 0 saturated heterocycles. The summed E-state index contributed by atoms with van der Waals surface area (Å²) in [5.74, 6) is -0.123. The molecular weight excluding hydrogens is 434 g/mol. The van der Waals surface area contributed by atoms with Gasteiger partial charge in [0.15, 0.2) is 0 Å². The van der Waals surface area contributed by atoms with Gasteiger partial charge in [0.05, 0.1) is 16.1 Å². The molecule has 0 atom stereocenters. The van der Waals surface area contributed by atoms with Crippen LogP contribution < -0.4 is 15.5 Å². The molecule has 0 aromatic heterocycles. The monoisotopic (exact) mass is 461 g/mol. The predicted molar refractivity (Wildman–Crippen MR) is 134 cm³/mol. The zero-order valence-corrected chi connectivity index (χ0v) is 19.7. The summed E-state index contributed by atoms with van der Waals surface area (Å²) in [5, 5.41) is 6.28. The molecular formula is C27H28ClN3O2. The van der Waals surface area contributed by atoms with E-state index in [1.165, 1.54) is 11.1 Å². The second kappa shape index (κ2) is 10.1. The van der Waals surface area contributed by atoms with Crippen molar-refractivity contribution in [2.75, 3.05) is 23.3 Å². The Balaban J connectivity index is 1.63. The Hall–Kier alpha value is -3.31. The number of carbonyl (C=O) groups excluding carboxylic acids is 2. The van der Waals surface area contributed by atoms with E-state index < -0.39 is 0 Å². The molecule has 0 fully saturated rings. The van der Waals surface area contributed by atoms with Crippen LogP contribution in [0.4, 0.5) is 11.4 Å². The lowest BCUT2D eigenvalue weighted by atomic mass is 9.98. The van der Waals surface area contributed by atoms with Crippen molar-refractivity contribution in [3.8, 4) is 0 Å². The first kappa shape index (κ1) is 22.9. The molecule has 5 nitrogen and oxygen atoms in total. The number of nitrogens with one attached hydrogen (secondary N) is 2. The Morgan fingerprint density at radius 3 is 2.42 bits per heavy atom. The minimum atomic E-state index is -0.311. The van der Waals surface area contributed by atoms with E-state index in [1.807, 2.05) is 18.2 Å². The molecule has 1 aliphatic rings. The molecule has 3 aromatic carbocycles. The molecule has 0 radical (unpaired) electrons. The molecule has 0 bridgehead atoms. The third-order valence-corrected chi connectivity index (χ3v) is 6.09. The highest BCUT2D eigenvalue weighted by molar-refractivity contribution is 6.34. The van der Waals surface area contributed by atoms with Crippen LogP contribution in [-0.4, -0.2) is 24.9 Å². The standard InChI is InChI=1S/C27H28ClN3O2/c1-18(2)16-29-26(32)23-15-21(30-27(33)22-9-5-6-10-24(22)28)11-12-25(23)31-14-13-19-7-3-4-8-20(19)17-31/h3-12,15,18H,13-14,16-17H2,1-2H3,(H,29,32)(H,30,33). The SMILES string of the molecule is CC(C)CNC(=O)c1cc(NC(=O)c2ccccc2Cl)ccc1N1CCc2ccccc2C1. The van der Waals surface area contributed by atoms with Crippen molar-refractivity contribution in [2.24, 2.45) is 5.92 Å². The molecule has 170 valence electrons. The largest absolute Gasteiger partial charge is 0.366 e. The summed E-state index contributed by atoms with van der Waals surface area (Å²) < 4.78 is 0. The molecule has 0 spiro atoms. The van der Waals surface area contributed by atoms with Gasteiger partial charge in [-0.25, -0.2) is 0 Å². The zero-order valence-electron chi connectivity index (χ0n) is 18.9. The van der Waals surface area contributed by atoms with Gasteiger partial charge in [-0.3, -0.25) is 9.59 Å². The van der Waals surface area contributed by atoms with Crippen molar-refractivity contribution in [1.29, 1.82) is 0 Å². The van der Waals surface area contributed by atoms with E-state index >= 15 is 0 Å². The van der Waals surface area contributed by atoms with E-state index in [0.717, 1.165) is 25.2 Å². The Morgan fingerprint density at radius 2 is 1.67 bits per heavy atom. The smallest absolute Gasteiger partial charge is 0.257 e. The molecule has 0 unspecified atom stereocenters. The topological polar surface area (TPSA) is 61.4 Å². The Labute approximate surface area is 199 Å². The van der Waals surface area contributed by atoms with E-state index in [-0.39, 0.29) is 11.8 Å². The van der Waals surface area contributed by atoms with E-state index in [1.54, 1.807) is 30.3 Å². The summed E-state index contributed by atoms with van der Waals surface area (Å²) >= 11 is 6.17. The van der Waals surface area contributed by atoms with Crippen LogP contribution in [0.15, 0.2) is 66.7 Å². The average Bonchev–Trinajstić information content (AvgIpc) is 2.82. The highest BCUT2D eigenvalue weighted by Gasteiger charge is 2.22. The van der Waals surface area contributed by atoms with E-state index in [2.05, 4.69) is 47.6 Å². The number of hydrogen-bond acceptors (Lipinski definition) is 3. The molecule has 2 amide bonds. The number of carbonyl (C=O) groups is 2. The van der Waals surface area contributed by atoms with Gasteiger partial charge < -0.3 is 15.5 Å². The van der Waals surface area contributed by atoms with Crippen LogP contribution in [0.1, 0.15) is 45.7 Å². The number of nitrogens with zero attached hydrogens (tertiary/aromatic N) is 1. The lowest BCUT2D eigenvalue weighted by Crippen LogP contribution is -2.34. The number of rotatable bonds is 6. The quantitative estimate of drug-likeness (QED) is 0.506. The van der Waals surface area contributed by atoms with Crippen molar-refractivity contribution in [2.45, 2.75) is 26.8 Å². The van der Waals surface area contributed by atoms with Crippen LogP contribution in [0.5, 0.6) is 0 Å². The number of fused-ring (bicyclic) bond motifs is 1. The fraction of sp³-hybridized carbons (Fsp3) is 0.259. The second-order valence-corrected chi connectivity index (χ2v) is 9.12. The van der Waals surface area contributed by atoms with Crippen molar-refractivity contribution in [3.05, 3.63) is 94.0 Å². The minimum Gasteiger partial charge on any atom is -0.366 e. The van der Waals surface area contributed by atoms with Crippen molar-refractivity contribution < 1.29 is 9.59 Å². The first-order chi connectivity index (χ1) is 15.9. The molecule has 0 aliphatic carbocycles. The molecule has 0 saturated carbocycles. The summed E-state index contributed by atoms with van der Waals surface area (Å²) in [4.78, 5) is 28.1. The van der Waals surface area contributed by atoms with Crippen molar-refractivity contribution in [3.63, 3.8) is 0 Å². The molecule has 6 heteroatoms. The van der Waals surface area contributed by atoms with E-state index in [4.69, 9.17) is 11.6 Å². The number of anilines is 2. The number of benzene rings is 3. The number of hydrogen-bond donors (Lipinski definition) is 2. The van der Waals surface area contributed by atoms with Gasteiger partial charge in [-0.15, -0.1) is 0 Å². The molecule has 1 heterocycles. The van der Waals surface area contributed by atoms with Gasteiger partial charge >= 0.3 is 0 Å². The summed E-state index contributed by atoms with van der Waals surface area (Å²) in [5.41, 5.74) is 4.97. The van der Waals surface area contributed by atoms with E-state index in [0.29, 0.717) is 34.3 Å². The Bertz CT molecular complexity index is 1180. The normalized spacial score (nSPS) is 12.9. The van der Waals surface area contributed by atoms with Gasteiger partial charge in [-0.1, -0.05) is 61.8 Å². The van der Waals surface area contributed by atoms with Gasteiger partial charge in [0.1, 0.15) is 0 Å². The van der Waals surface area contributed by atoms with Crippen molar-refractivity contribution in [1.82, 2.24) is 5.32 Å². The van der Waals surface area contributed by atoms with Gasteiger partial charge in [-0.05, 0) is 53.8 Å². The van der Waals surface area contributed by atoms with Crippen LogP contribution >= 0.6 is 11.6 Å². The van der Waals surface area contributed by atoms with Crippen LogP contribution in [0.25, 0.3) is 0 Å². The van der Waals surface area contributed by atoms with Crippen molar-refractivity contribution >= 4 is 34.8 Å². The number of halogens is 1. The van der Waals surface area contributed by atoms with Gasteiger partial charge in [0, 0.05) is 31.0 Å². The molecule has 1 aliphatic heterocycles. The van der Waals surface area contributed by atoms with Crippen LogP contribution in [0, 0.1) is 5.92 Å². The van der Waals surface area contributed by atoms with Crippen LogP contribution in [0.2, 0.25) is 5.02 Å². The molecule has 3 aromatic rings. The maximum Gasteiger partial charge on any atom is 0.257 e. The first-order valence-corrected chi connectivity index (χ1v) is 11.6. The van der Waals surface area contributed by atoms with Gasteiger partial charge in [0.25, 0.3) is 11.8 Å². The number of amides is 2. The highest BCUT2D eigenvalue weighted by Crippen LogP contribution is 2.30. The fourth-order valence-corrected chi connectivity index (χ4v) is 4.23. The van der Waals surface area contributed by atoms with Crippen LogP contribution in [-0.2, 0) is 13.0 Å². The van der Waals surface area contributed by atoms with Gasteiger partial charge in [-0.2, -0.15) is 0 Å². The molecule has 33 heavy (non-hydrogen) atoms. The van der Waals surface area contributed by atoms with Crippen LogP contribution in [0.3, 0.4) is 0 Å². The third kappa shape index (κ3) is 5.37. The summed E-state index contributed by atoms with van der Waals surface area (Å²) in [7, 11) is 0. The predicted octanol–water partition coefficient (Wildman–Crippen LogP) is 5.54. The van der Waals surface area contributed by atoms with E-state index in [9.17, 15) is 9.59 Å². The molecule has 4 rings (SSSR count). The highest BCUT2D eigenvalue weighted by atomic mass is 35.5. The first-order valence-electron chi connectivity index (χ1n) is 11.2. The lowest BCUT2D eigenvalue weighted by molar-refractivity contribution is 0.0948. The minimum absolute atomic E-state index is 0.147. The summed E-state index contributed by atoms with van der Waals surface area (Å²) in [6.45, 7) is 6.27. The third-order valence-electron chi connectivity index (χ3n) is 5.76. The fourth-order valence-electron chi connectivity index (χ4n) is 4.01. The summed E-state index contributed by atoms with van der Waals surface area (Å²) in [6.07, 6.45) is 0.925. The maximum atomic E-state index is 13.1. The second-order valence-electron chi connectivity index (χ2n) is 8.71. The van der Waals surface area contributed by atoms with Gasteiger partial charge in [0.2, 0.25) is 0 Å². The maximum absolute atomic E-state index is 13.1. The Kier molecular flexibility index (Phi) is 6.99. The lowest BCUT2D eigenvalue weighted by Gasteiger charge is -2.32.